The molecular weight excluding hydrogens is 378 g/mol. The first-order valence-electron chi connectivity index (χ1n) is 8.79. The van der Waals surface area contributed by atoms with Crippen molar-refractivity contribution in [1.82, 2.24) is 4.57 Å². The number of nitrogens with zero attached hydrogens (tertiary/aromatic N) is 3. The Balaban J connectivity index is 1.61. The molecule has 1 aliphatic heterocycles. The Morgan fingerprint density at radius 1 is 1.17 bits per heavy atom. The maximum absolute atomic E-state index is 12.4. The summed E-state index contributed by atoms with van der Waals surface area (Å²) < 4.78 is 17.1. The van der Waals surface area contributed by atoms with E-state index in [0.717, 1.165) is 0 Å². The molecular formula is C20H17N3O6. The van der Waals surface area contributed by atoms with Crippen LogP contribution in [0.25, 0.3) is 10.9 Å². The summed E-state index contributed by atoms with van der Waals surface area (Å²) in [4.78, 5) is 24.1. The minimum absolute atomic E-state index is 0.00491. The molecule has 0 bridgehead atoms. The van der Waals surface area contributed by atoms with Crippen molar-refractivity contribution >= 4 is 28.5 Å². The molecule has 1 aliphatic rings. The van der Waals surface area contributed by atoms with E-state index in [1.807, 2.05) is 0 Å². The lowest BCUT2D eigenvalue weighted by Gasteiger charge is -2.23. The largest absolute Gasteiger partial charge is 0.493 e. The lowest BCUT2D eigenvalue weighted by molar-refractivity contribution is -0.141. The second-order valence-corrected chi connectivity index (χ2v) is 6.25. The quantitative estimate of drug-likeness (QED) is 0.537. The average Bonchev–Trinajstić information content (AvgIpc) is 3.02. The number of aromatic nitrogens is 1. The summed E-state index contributed by atoms with van der Waals surface area (Å²) in [5.41, 5.74) is 0.637. The molecule has 4 rings (SSSR count). The third kappa shape index (κ3) is 3.49. The van der Waals surface area contributed by atoms with Crippen LogP contribution in [0.4, 0.5) is 5.69 Å². The van der Waals surface area contributed by atoms with Crippen LogP contribution in [0, 0.1) is 0 Å². The number of rotatable bonds is 4. The number of fused-ring (bicyclic) bond motifs is 2. The van der Waals surface area contributed by atoms with E-state index in [9.17, 15) is 14.7 Å². The number of hydrogen-bond donors (Lipinski definition) is 1. The molecule has 0 radical (unpaired) electrons. The van der Waals surface area contributed by atoms with Crippen molar-refractivity contribution < 1.29 is 28.9 Å². The van der Waals surface area contributed by atoms with Crippen molar-refractivity contribution in [3.05, 3.63) is 48.5 Å². The number of methoxy groups -OCH3 is 1. The van der Waals surface area contributed by atoms with Crippen LogP contribution in [0.15, 0.2) is 58.8 Å². The fourth-order valence-electron chi connectivity index (χ4n) is 3.03. The van der Waals surface area contributed by atoms with Crippen LogP contribution < -0.4 is 9.47 Å². The topological polar surface area (TPSA) is 112 Å². The van der Waals surface area contributed by atoms with Crippen LogP contribution in [-0.4, -0.2) is 41.4 Å². The Hall–Kier alpha value is -3.88. The van der Waals surface area contributed by atoms with Gasteiger partial charge in [-0.1, -0.05) is 30.3 Å². The zero-order valence-electron chi connectivity index (χ0n) is 15.4. The van der Waals surface area contributed by atoms with E-state index in [0.29, 0.717) is 22.4 Å². The molecule has 0 spiro atoms. The predicted octanol–water partition coefficient (Wildman–Crippen LogP) is 2.97. The number of para-hydroxylation sites is 3. The molecule has 2 heterocycles. The number of carbonyl (C=O) groups excluding carboxylic acids is 2. The molecule has 1 amide bonds. The van der Waals surface area contributed by atoms with E-state index < -0.39 is 18.0 Å². The van der Waals surface area contributed by atoms with Crippen molar-refractivity contribution in [2.24, 2.45) is 10.2 Å². The van der Waals surface area contributed by atoms with E-state index in [1.54, 1.807) is 48.5 Å². The third-order valence-corrected chi connectivity index (χ3v) is 4.46. The van der Waals surface area contributed by atoms with Crippen molar-refractivity contribution in [3.63, 3.8) is 0 Å². The molecule has 148 valence electrons. The molecule has 2 aromatic carbocycles. The minimum atomic E-state index is -0.945. The first-order valence-corrected chi connectivity index (χ1v) is 8.79. The number of amides is 1. The van der Waals surface area contributed by atoms with Crippen LogP contribution in [0.5, 0.6) is 17.4 Å². The van der Waals surface area contributed by atoms with Crippen molar-refractivity contribution in [2.75, 3.05) is 13.7 Å². The van der Waals surface area contributed by atoms with Gasteiger partial charge in [-0.2, -0.15) is 0 Å². The second-order valence-electron chi connectivity index (χ2n) is 6.25. The van der Waals surface area contributed by atoms with Crippen molar-refractivity contribution in [3.8, 4) is 17.4 Å². The van der Waals surface area contributed by atoms with Gasteiger partial charge in [0.05, 0.1) is 12.6 Å². The Morgan fingerprint density at radius 2 is 1.90 bits per heavy atom. The van der Waals surface area contributed by atoms with Gasteiger partial charge in [-0.05, 0) is 18.2 Å². The zero-order chi connectivity index (χ0) is 20.4. The Morgan fingerprint density at radius 3 is 2.69 bits per heavy atom. The normalized spacial score (nSPS) is 15.6. The molecule has 3 aromatic rings. The van der Waals surface area contributed by atoms with Gasteiger partial charge < -0.3 is 19.3 Å². The van der Waals surface area contributed by atoms with Crippen LogP contribution in [0.3, 0.4) is 0 Å². The van der Waals surface area contributed by atoms with E-state index >= 15 is 0 Å². The van der Waals surface area contributed by atoms with E-state index in [-0.39, 0.29) is 24.7 Å². The molecule has 0 saturated heterocycles. The summed E-state index contributed by atoms with van der Waals surface area (Å²) in [7, 11) is 1.26. The van der Waals surface area contributed by atoms with Gasteiger partial charge in [-0.15, -0.1) is 10.2 Å². The molecule has 1 aromatic heterocycles. The number of esters is 1. The number of carbonyl (C=O) groups is 2. The molecule has 0 aliphatic carbocycles. The average molecular weight is 395 g/mol. The minimum Gasteiger partial charge on any atom is -0.493 e. The molecule has 9 heteroatoms. The molecule has 0 saturated carbocycles. The highest BCUT2D eigenvalue weighted by molar-refractivity contribution is 5.96. The lowest BCUT2D eigenvalue weighted by atomic mass is 10.2. The predicted molar refractivity (Wildman–Crippen MR) is 101 cm³/mol. The van der Waals surface area contributed by atoms with Gasteiger partial charge in [0.15, 0.2) is 17.2 Å². The summed E-state index contributed by atoms with van der Waals surface area (Å²) in [6, 6.07) is 13.9. The number of azo groups is 1. The highest BCUT2D eigenvalue weighted by Gasteiger charge is 2.28. The van der Waals surface area contributed by atoms with Gasteiger partial charge in [-0.25, -0.2) is 0 Å². The lowest BCUT2D eigenvalue weighted by Crippen LogP contribution is -2.35. The summed E-state index contributed by atoms with van der Waals surface area (Å²) >= 11 is 0. The Bertz CT molecular complexity index is 1120. The van der Waals surface area contributed by atoms with E-state index in [1.165, 1.54) is 11.7 Å². The van der Waals surface area contributed by atoms with Gasteiger partial charge in [-0.3, -0.25) is 14.2 Å². The van der Waals surface area contributed by atoms with Crippen LogP contribution in [0.2, 0.25) is 0 Å². The molecule has 1 N–H and O–H groups in total. The van der Waals surface area contributed by atoms with Gasteiger partial charge >= 0.3 is 11.9 Å². The SMILES string of the molecule is COC(=O)Cn1c(O)c(N=NC(=O)C2COc3ccccc3O2)c2ccccc21. The van der Waals surface area contributed by atoms with Gasteiger partial charge in [0, 0.05) is 5.39 Å². The highest BCUT2D eigenvalue weighted by atomic mass is 16.6. The summed E-state index contributed by atoms with van der Waals surface area (Å²) in [6.45, 7) is -0.201. The summed E-state index contributed by atoms with van der Waals surface area (Å²) in [6.07, 6.45) is -0.945. The van der Waals surface area contributed by atoms with E-state index in [2.05, 4.69) is 15.0 Å². The van der Waals surface area contributed by atoms with Gasteiger partial charge in [0.1, 0.15) is 13.2 Å². The number of benzene rings is 2. The second kappa shape index (κ2) is 7.63. The highest BCUT2D eigenvalue weighted by Crippen LogP contribution is 2.39. The van der Waals surface area contributed by atoms with Crippen molar-refractivity contribution in [2.45, 2.75) is 12.6 Å². The number of hydrogen-bond acceptors (Lipinski definition) is 7. The fourth-order valence-corrected chi connectivity index (χ4v) is 3.03. The van der Waals surface area contributed by atoms with Crippen LogP contribution in [-0.2, 0) is 20.9 Å². The maximum Gasteiger partial charge on any atom is 0.325 e. The third-order valence-electron chi connectivity index (χ3n) is 4.46. The summed E-state index contributed by atoms with van der Waals surface area (Å²) in [5, 5.41) is 18.7. The first-order chi connectivity index (χ1) is 14.1. The van der Waals surface area contributed by atoms with Crippen LogP contribution >= 0.6 is 0 Å². The van der Waals surface area contributed by atoms with Crippen molar-refractivity contribution in [1.29, 1.82) is 0 Å². The molecule has 0 fully saturated rings. The van der Waals surface area contributed by atoms with Crippen LogP contribution in [0.1, 0.15) is 0 Å². The monoisotopic (exact) mass is 395 g/mol. The first kappa shape index (κ1) is 18.5. The standard InChI is InChI=1S/C20H17N3O6/c1-27-17(24)10-23-13-7-3-2-6-12(13)18(20(23)26)21-22-19(25)16-11-28-14-8-4-5-9-15(14)29-16/h2-9,16,26H,10-11H2,1H3. The Labute approximate surface area is 165 Å². The zero-order valence-corrected chi connectivity index (χ0v) is 15.4. The maximum atomic E-state index is 12.4. The van der Waals surface area contributed by atoms with Gasteiger partial charge in [0.25, 0.3) is 0 Å². The van der Waals surface area contributed by atoms with E-state index in [4.69, 9.17) is 9.47 Å². The smallest absolute Gasteiger partial charge is 0.325 e. The fraction of sp³-hybridized carbons (Fsp3) is 0.200. The molecule has 29 heavy (non-hydrogen) atoms. The molecule has 1 unspecified atom stereocenters. The number of aromatic hydroxyl groups is 1. The molecule has 1 atom stereocenters. The Kier molecular flexibility index (Phi) is 4.86. The van der Waals surface area contributed by atoms with Gasteiger partial charge in [0.2, 0.25) is 12.0 Å². The number of ether oxygens (including phenoxy) is 3. The summed E-state index contributed by atoms with van der Waals surface area (Å²) in [5.74, 6) is -0.475. The molecule has 9 nitrogen and oxygen atoms in total.